The Hall–Kier alpha value is -1.72. The number of aromatic hydroxyl groups is 1. The van der Waals surface area contributed by atoms with E-state index in [0.717, 1.165) is 13.5 Å². The molecule has 0 unspecified atom stereocenters. The molecular weight excluding hydrogens is 261 g/mol. The Kier molecular flexibility index (Phi) is 3.43. The van der Waals surface area contributed by atoms with E-state index in [2.05, 4.69) is 4.74 Å². The predicted molar refractivity (Wildman–Crippen MR) is 61.1 cm³/mol. The molecule has 19 heavy (non-hydrogen) atoms. The normalized spacial score (nSPS) is 14.9. The second kappa shape index (κ2) is 4.75. The van der Waals surface area contributed by atoms with E-state index in [0.29, 0.717) is 18.4 Å². The van der Waals surface area contributed by atoms with Crippen molar-refractivity contribution in [1.82, 2.24) is 0 Å². The standard InChI is InChI=1S/C13H13F3O3/c1-19-12(18)10-9(17)6-7-4-2-3-5-8(7)11(10)13(14,15)16/h6,17H,2-5H2,1H3. The summed E-state index contributed by atoms with van der Waals surface area (Å²) in [5.74, 6) is -1.84. The van der Waals surface area contributed by atoms with Crippen molar-refractivity contribution in [1.29, 1.82) is 0 Å². The molecule has 0 amide bonds. The first-order valence-electron chi connectivity index (χ1n) is 5.89. The minimum Gasteiger partial charge on any atom is -0.507 e. The molecule has 6 heteroatoms. The van der Waals surface area contributed by atoms with E-state index < -0.39 is 29.0 Å². The molecule has 0 saturated carbocycles. The first kappa shape index (κ1) is 13.7. The molecule has 1 N–H and O–H groups in total. The van der Waals surface area contributed by atoms with Crippen molar-refractivity contribution in [3.63, 3.8) is 0 Å². The van der Waals surface area contributed by atoms with Crippen molar-refractivity contribution >= 4 is 5.97 Å². The second-order valence-corrected chi connectivity index (χ2v) is 4.48. The van der Waals surface area contributed by atoms with Crippen molar-refractivity contribution in [3.05, 3.63) is 28.3 Å². The third-order valence-corrected chi connectivity index (χ3v) is 3.30. The quantitative estimate of drug-likeness (QED) is 0.800. The Bertz CT molecular complexity index is 521. The maximum atomic E-state index is 13.2. The van der Waals surface area contributed by atoms with E-state index in [4.69, 9.17) is 0 Å². The molecule has 0 aromatic heterocycles. The van der Waals surface area contributed by atoms with E-state index in [-0.39, 0.29) is 12.0 Å². The van der Waals surface area contributed by atoms with Crippen molar-refractivity contribution in [3.8, 4) is 5.75 Å². The molecule has 0 bridgehead atoms. The first-order chi connectivity index (χ1) is 8.86. The van der Waals surface area contributed by atoms with Crippen LogP contribution in [0.1, 0.15) is 39.9 Å². The van der Waals surface area contributed by atoms with E-state index in [1.165, 1.54) is 6.07 Å². The van der Waals surface area contributed by atoms with Crippen LogP contribution in [0.3, 0.4) is 0 Å². The molecule has 1 aliphatic rings. The van der Waals surface area contributed by atoms with Crippen LogP contribution in [0.4, 0.5) is 13.2 Å². The van der Waals surface area contributed by atoms with Crippen LogP contribution >= 0.6 is 0 Å². The number of ether oxygens (including phenoxy) is 1. The summed E-state index contributed by atoms with van der Waals surface area (Å²) < 4.78 is 43.9. The molecule has 2 rings (SSSR count). The number of hydrogen-bond donors (Lipinski definition) is 1. The van der Waals surface area contributed by atoms with E-state index in [9.17, 15) is 23.1 Å². The van der Waals surface area contributed by atoms with Gasteiger partial charge >= 0.3 is 12.1 Å². The molecule has 0 radical (unpaired) electrons. The van der Waals surface area contributed by atoms with Crippen molar-refractivity contribution in [2.24, 2.45) is 0 Å². The number of rotatable bonds is 1. The number of aryl methyl sites for hydroxylation is 1. The van der Waals surface area contributed by atoms with Crippen LogP contribution in [-0.2, 0) is 23.8 Å². The lowest BCUT2D eigenvalue weighted by Gasteiger charge is -2.23. The van der Waals surface area contributed by atoms with E-state index in [1.54, 1.807) is 0 Å². The molecule has 0 spiro atoms. The van der Waals surface area contributed by atoms with Crippen LogP contribution in [0, 0.1) is 0 Å². The van der Waals surface area contributed by atoms with Crippen LogP contribution in [0.15, 0.2) is 6.07 Å². The number of phenolic OH excluding ortho intramolecular Hbond substituents is 1. The number of fused-ring (bicyclic) bond motifs is 1. The zero-order valence-corrected chi connectivity index (χ0v) is 10.3. The monoisotopic (exact) mass is 274 g/mol. The fraction of sp³-hybridized carbons (Fsp3) is 0.462. The SMILES string of the molecule is COC(=O)c1c(O)cc2c(c1C(F)(F)F)CCCC2. The molecule has 0 aliphatic heterocycles. The summed E-state index contributed by atoms with van der Waals surface area (Å²) in [4.78, 5) is 11.5. The van der Waals surface area contributed by atoms with E-state index in [1.807, 2.05) is 0 Å². The summed E-state index contributed by atoms with van der Waals surface area (Å²) in [6, 6.07) is 1.25. The molecule has 0 heterocycles. The summed E-state index contributed by atoms with van der Waals surface area (Å²) in [6.07, 6.45) is -2.53. The van der Waals surface area contributed by atoms with Crippen LogP contribution in [0.5, 0.6) is 5.75 Å². The number of carbonyl (C=O) groups excluding carboxylic acids is 1. The second-order valence-electron chi connectivity index (χ2n) is 4.48. The largest absolute Gasteiger partial charge is 0.507 e. The molecule has 3 nitrogen and oxygen atoms in total. The number of carbonyl (C=O) groups is 1. The third kappa shape index (κ3) is 2.39. The van der Waals surface area contributed by atoms with Crippen molar-refractivity contribution in [2.45, 2.75) is 31.9 Å². The van der Waals surface area contributed by atoms with Gasteiger partial charge in [0.15, 0.2) is 0 Å². The molecule has 104 valence electrons. The van der Waals surface area contributed by atoms with Gasteiger partial charge in [-0.15, -0.1) is 0 Å². The number of methoxy groups -OCH3 is 1. The number of benzene rings is 1. The van der Waals surface area contributed by atoms with Gasteiger partial charge in [0.1, 0.15) is 11.3 Å². The minimum absolute atomic E-state index is 0.108. The Labute approximate surface area is 108 Å². The lowest BCUT2D eigenvalue weighted by atomic mass is 9.85. The van der Waals surface area contributed by atoms with E-state index >= 15 is 0 Å². The number of esters is 1. The van der Waals surface area contributed by atoms with Crippen molar-refractivity contribution in [2.75, 3.05) is 7.11 Å². The smallest absolute Gasteiger partial charge is 0.417 e. The van der Waals surface area contributed by atoms with Crippen LogP contribution in [0.25, 0.3) is 0 Å². The Morgan fingerprint density at radius 1 is 1.32 bits per heavy atom. The van der Waals surface area contributed by atoms with Gasteiger partial charge in [-0.3, -0.25) is 0 Å². The van der Waals surface area contributed by atoms with Gasteiger partial charge in [-0.25, -0.2) is 4.79 Å². The van der Waals surface area contributed by atoms with Gasteiger partial charge in [0, 0.05) is 0 Å². The highest BCUT2D eigenvalue weighted by atomic mass is 19.4. The summed E-state index contributed by atoms with van der Waals surface area (Å²) in [6.45, 7) is 0. The Morgan fingerprint density at radius 3 is 2.53 bits per heavy atom. The molecular formula is C13H13F3O3. The average molecular weight is 274 g/mol. The zero-order chi connectivity index (χ0) is 14.2. The molecule has 1 aliphatic carbocycles. The van der Waals surface area contributed by atoms with Crippen LogP contribution < -0.4 is 0 Å². The highest BCUT2D eigenvalue weighted by molar-refractivity contribution is 5.95. The van der Waals surface area contributed by atoms with Crippen molar-refractivity contribution < 1.29 is 27.8 Å². The van der Waals surface area contributed by atoms with Gasteiger partial charge in [0.25, 0.3) is 0 Å². The van der Waals surface area contributed by atoms with Gasteiger partial charge in [0.05, 0.1) is 12.7 Å². The molecule has 0 atom stereocenters. The lowest BCUT2D eigenvalue weighted by molar-refractivity contribution is -0.139. The third-order valence-electron chi connectivity index (χ3n) is 3.30. The van der Waals surface area contributed by atoms with Gasteiger partial charge in [-0.05, 0) is 42.9 Å². The maximum absolute atomic E-state index is 13.2. The molecule has 0 fully saturated rings. The molecule has 1 aromatic rings. The van der Waals surface area contributed by atoms with Crippen LogP contribution in [-0.4, -0.2) is 18.2 Å². The summed E-state index contributed by atoms with van der Waals surface area (Å²) in [5, 5.41) is 9.71. The minimum atomic E-state index is -4.69. The summed E-state index contributed by atoms with van der Waals surface area (Å²) in [7, 11) is 0.987. The highest BCUT2D eigenvalue weighted by Crippen LogP contribution is 2.42. The number of halogens is 3. The predicted octanol–water partition coefficient (Wildman–Crippen LogP) is 3.08. The van der Waals surface area contributed by atoms with Gasteiger partial charge < -0.3 is 9.84 Å². The fourth-order valence-corrected chi connectivity index (χ4v) is 2.51. The lowest BCUT2D eigenvalue weighted by Crippen LogP contribution is -2.20. The van der Waals surface area contributed by atoms with Crippen LogP contribution in [0.2, 0.25) is 0 Å². The number of phenols is 1. The van der Waals surface area contributed by atoms with Gasteiger partial charge in [0.2, 0.25) is 0 Å². The fourth-order valence-electron chi connectivity index (χ4n) is 2.51. The maximum Gasteiger partial charge on any atom is 0.417 e. The molecule has 0 saturated heterocycles. The zero-order valence-electron chi connectivity index (χ0n) is 10.3. The van der Waals surface area contributed by atoms with Gasteiger partial charge in [-0.1, -0.05) is 0 Å². The summed E-state index contributed by atoms with van der Waals surface area (Å²) >= 11 is 0. The number of hydrogen-bond acceptors (Lipinski definition) is 3. The molecule has 1 aromatic carbocycles. The topological polar surface area (TPSA) is 46.5 Å². The Balaban J connectivity index is 2.76. The highest BCUT2D eigenvalue weighted by Gasteiger charge is 2.41. The van der Waals surface area contributed by atoms with Gasteiger partial charge in [-0.2, -0.15) is 13.2 Å². The first-order valence-corrected chi connectivity index (χ1v) is 5.89. The number of alkyl halides is 3. The summed E-state index contributed by atoms with van der Waals surface area (Å²) in [5.41, 5.74) is -1.26. The Morgan fingerprint density at radius 2 is 1.95 bits per heavy atom. The average Bonchev–Trinajstić information content (AvgIpc) is 2.35.